The van der Waals surface area contributed by atoms with Gasteiger partial charge in [0, 0.05) is 3.57 Å². The molecule has 2 aromatic carbocycles. The van der Waals surface area contributed by atoms with Crippen molar-refractivity contribution >= 4 is 34.2 Å². The maximum absolute atomic E-state index is 6.28. The Hall–Kier alpha value is -0.780. The van der Waals surface area contributed by atoms with Crippen LogP contribution in [0.15, 0.2) is 36.4 Å². The molecule has 2 aromatic rings. The van der Waals surface area contributed by atoms with E-state index in [1.165, 1.54) is 16.7 Å². The van der Waals surface area contributed by atoms with Gasteiger partial charge in [0.2, 0.25) is 0 Å². The first kappa shape index (κ1) is 16.6. The Kier molecular flexibility index (Phi) is 5.90. The lowest BCUT2D eigenvalue weighted by atomic mass is 9.95. The maximum Gasteiger partial charge on any atom is 0.119 e. The fourth-order valence-corrected chi connectivity index (χ4v) is 2.93. The lowest BCUT2D eigenvalue weighted by molar-refractivity contribution is 0.414. The summed E-state index contributed by atoms with van der Waals surface area (Å²) in [6.07, 6.45) is 0. The highest BCUT2D eigenvalue weighted by Crippen LogP contribution is 2.30. The molecule has 0 saturated carbocycles. The molecule has 2 nitrogen and oxygen atoms in total. The maximum atomic E-state index is 6.28. The molecule has 0 amide bonds. The van der Waals surface area contributed by atoms with Gasteiger partial charge in [-0.1, -0.05) is 30.7 Å². The van der Waals surface area contributed by atoms with E-state index in [0.717, 1.165) is 20.9 Å². The summed E-state index contributed by atoms with van der Waals surface area (Å²) in [6.45, 7) is 5.11. The lowest BCUT2D eigenvalue weighted by Crippen LogP contribution is -2.22. The van der Waals surface area contributed by atoms with Crippen molar-refractivity contribution in [3.8, 4) is 5.75 Å². The van der Waals surface area contributed by atoms with Crippen LogP contribution in [-0.2, 0) is 0 Å². The van der Waals surface area contributed by atoms with Crippen molar-refractivity contribution in [1.82, 2.24) is 5.32 Å². The molecule has 112 valence electrons. The molecule has 0 aliphatic heterocycles. The zero-order chi connectivity index (χ0) is 15.4. The number of methoxy groups -OCH3 is 1. The molecule has 0 spiro atoms. The Bertz CT molecular complexity index is 630. The highest BCUT2D eigenvalue weighted by atomic mass is 127. The van der Waals surface area contributed by atoms with E-state index in [4.69, 9.17) is 16.3 Å². The molecule has 2 rings (SSSR count). The van der Waals surface area contributed by atoms with E-state index < -0.39 is 0 Å². The topological polar surface area (TPSA) is 21.3 Å². The van der Waals surface area contributed by atoms with Crippen molar-refractivity contribution in [3.63, 3.8) is 0 Å². The van der Waals surface area contributed by atoms with Crippen LogP contribution in [-0.4, -0.2) is 13.7 Å². The van der Waals surface area contributed by atoms with E-state index >= 15 is 0 Å². The Labute approximate surface area is 145 Å². The minimum Gasteiger partial charge on any atom is -0.497 e. The molecular weight excluding hydrogens is 397 g/mol. The van der Waals surface area contributed by atoms with Crippen molar-refractivity contribution in [1.29, 1.82) is 0 Å². The zero-order valence-electron chi connectivity index (χ0n) is 12.4. The largest absolute Gasteiger partial charge is 0.497 e. The van der Waals surface area contributed by atoms with Crippen LogP contribution in [0.3, 0.4) is 0 Å². The number of hydrogen-bond donors (Lipinski definition) is 1. The predicted molar refractivity (Wildman–Crippen MR) is 97.4 cm³/mol. The van der Waals surface area contributed by atoms with E-state index in [1.54, 1.807) is 7.11 Å². The third kappa shape index (κ3) is 3.90. The Balaban J connectivity index is 2.45. The van der Waals surface area contributed by atoms with Gasteiger partial charge in [0.25, 0.3) is 0 Å². The summed E-state index contributed by atoms with van der Waals surface area (Å²) in [5.41, 5.74) is 3.63. The third-order valence-electron chi connectivity index (χ3n) is 3.47. The minimum atomic E-state index is 0.135. The molecule has 0 saturated heterocycles. The summed E-state index contributed by atoms with van der Waals surface area (Å²) in [7, 11) is 1.69. The Morgan fingerprint density at radius 1 is 1.24 bits per heavy atom. The van der Waals surface area contributed by atoms with Crippen LogP contribution >= 0.6 is 34.2 Å². The van der Waals surface area contributed by atoms with Crippen molar-refractivity contribution < 1.29 is 4.74 Å². The van der Waals surface area contributed by atoms with Crippen LogP contribution in [0.4, 0.5) is 0 Å². The first-order chi connectivity index (χ1) is 10.1. The smallest absolute Gasteiger partial charge is 0.119 e. The molecule has 0 aromatic heterocycles. The summed E-state index contributed by atoms with van der Waals surface area (Å²) >= 11 is 8.53. The molecule has 0 aliphatic rings. The highest BCUT2D eigenvalue weighted by Gasteiger charge is 2.16. The Morgan fingerprint density at radius 2 is 2.00 bits per heavy atom. The van der Waals surface area contributed by atoms with Crippen LogP contribution in [0, 0.1) is 10.5 Å². The van der Waals surface area contributed by atoms with Gasteiger partial charge < -0.3 is 10.1 Å². The monoisotopic (exact) mass is 415 g/mol. The van der Waals surface area contributed by atoms with E-state index in [-0.39, 0.29) is 6.04 Å². The van der Waals surface area contributed by atoms with Crippen molar-refractivity contribution in [2.45, 2.75) is 19.9 Å². The summed E-state index contributed by atoms with van der Waals surface area (Å²) in [5, 5.41) is 4.33. The van der Waals surface area contributed by atoms with Gasteiger partial charge in [0.1, 0.15) is 5.75 Å². The number of hydrogen-bond acceptors (Lipinski definition) is 2. The second-order valence-corrected chi connectivity index (χ2v) is 6.46. The second kappa shape index (κ2) is 7.47. The molecular formula is C17H19ClINO. The molecule has 0 aliphatic carbocycles. The summed E-state index contributed by atoms with van der Waals surface area (Å²) in [5.74, 6) is 0.882. The van der Waals surface area contributed by atoms with Gasteiger partial charge in [-0.25, -0.2) is 0 Å². The van der Waals surface area contributed by atoms with Crippen LogP contribution in [0.5, 0.6) is 5.75 Å². The van der Waals surface area contributed by atoms with E-state index in [0.29, 0.717) is 0 Å². The van der Waals surface area contributed by atoms with Gasteiger partial charge in [-0.3, -0.25) is 0 Å². The number of aryl methyl sites for hydroxylation is 1. The fourth-order valence-electron chi connectivity index (χ4n) is 2.40. The molecule has 0 bridgehead atoms. The number of nitrogens with one attached hydrogen (secondary N) is 1. The van der Waals surface area contributed by atoms with Gasteiger partial charge in [-0.2, -0.15) is 0 Å². The van der Waals surface area contributed by atoms with Gasteiger partial charge in [-0.15, -0.1) is 0 Å². The summed E-state index contributed by atoms with van der Waals surface area (Å²) < 4.78 is 6.36. The molecule has 0 radical (unpaired) electrons. The standard InChI is InChI=1S/C17H19ClINO/c1-4-20-17(12-5-8-16(19)15(18)10-12)14-7-6-13(21-3)9-11(14)2/h5-10,17,20H,4H2,1-3H3. The molecule has 4 heteroatoms. The predicted octanol–water partition coefficient (Wildman–Crippen LogP) is 4.96. The second-order valence-electron chi connectivity index (χ2n) is 4.89. The van der Waals surface area contributed by atoms with Crippen molar-refractivity contribution in [3.05, 3.63) is 61.7 Å². The summed E-state index contributed by atoms with van der Waals surface area (Å²) in [4.78, 5) is 0. The average molecular weight is 416 g/mol. The van der Waals surface area contributed by atoms with Crippen LogP contribution in [0.1, 0.15) is 29.7 Å². The highest BCUT2D eigenvalue weighted by molar-refractivity contribution is 14.1. The molecule has 1 atom stereocenters. The first-order valence-electron chi connectivity index (χ1n) is 6.89. The molecule has 1 N–H and O–H groups in total. The van der Waals surface area contributed by atoms with Gasteiger partial charge in [-0.05, 0) is 77.0 Å². The number of benzene rings is 2. The zero-order valence-corrected chi connectivity index (χ0v) is 15.3. The molecule has 21 heavy (non-hydrogen) atoms. The lowest BCUT2D eigenvalue weighted by Gasteiger charge is -2.22. The summed E-state index contributed by atoms with van der Waals surface area (Å²) in [6, 6.07) is 12.5. The molecule has 0 fully saturated rings. The van der Waals surface area contributed by atoms with Crippen LogP contribution in [0.25, 0.3) is 0 Å². The molecule has 0 heterocycles. The quantitative estimate of drug-likeness (QED) is 0.697. The molecule has 1 unspecified atom stereocenters. The van der Waals surface area contributed by atoms with Gasteiger partial charge in [0.05, 0.1) is 18.2 Å². The third-order valence-corrected chi connectivity index (χ3v) is 5.05. The van der Waals surface area contributed by atoms with Gasteiger partial charge in [0.15, 0.2) is 0 Å². The van der Waals surface area contributed by atoms with Crippen molar-refractivity contribution in [2.75, 3.05) is 13.7 Å². The van der Waals surface area contributed by atoms with E-state index in [1.807, 2.05) is 12.1 Å². The fraction of sp³-hybridized carbons (Fsp3) is 0.294. The van der Waals surface area contributed by atoms with E-state index in [9.17, 15) is 0 Å². The number of ether oxygens (including phenoxy) is 1. The average Bonchev–Trinajstić information content (AvgIpc) is 2.48. The minimum absolute atomic E-state index is 0.135. The SMILES string of the molecule is CCNC(c1ccc(I)c(Cl)c1)c1ccc(OC)cc1C. The van der Waals surface area contributed by atoms with E-state index in [2.05, 4.69) is 66.0 Å². The van der Waals surface area contributed by atoms with Gasteiger partial charge >= 0.3 is 0 Å². The number of halogens is 2. The number of rotatable bonds is 5. The first-order valence-corrected chi connectivity index (χ1v) is 8.35. The van der Waals surface area contributed by atoms with Crippen LogP contribution in [0.2, 0.25) is 5.02 Å². The normalized spacial score (nSPS) is 12.2. The van der Waals surface area contributed by atoms with Crippen molar-refractivity contribution in [2.24, 2.45) is 0 Å². The Morgan fingerprint density at radius 3 is 2.57 bits per heavy atom. The van der Waals surface area contributed by atoms with Crippen LogP contribution < -0.4 is 10.1 Å².